The molecule has 0 bridgehead atoms. The van der Waals surface area contributed by atoms with Gasteiger partial charge in [-0.1, -0.05) is 23.7 Å². The second-order valence-corrected chi connectivity index (χ2v) is 3.55. The van der Waals surface area contributed by atoms with Gasteiger partial charge in [0.2, 0.25) is 0 Å². The maximum Gasteiger partial charge on any atom is 0.329 e. The van der Waals surface area contributed by atoms with Crippen LogP contribution in [0.1, 0.15) is 18.5 Å². The Morgan fingerprint density at radius 2 is 2.07 bits per heavy atom. The number of aliphatic carboxylic acids is 1. The van der Waals surface area contributed by atoms with Crippen molar-refractivity contribution in [3.63, 3.8) is 0 Å². The normalized spacial score (nSPS) is 12.7. The highest BCUT2D eigenvalue weighted by atomic mass is 35.5. The molecule has 0 amide bonds. The molecule has 0 saturated heterocycles. The van der Waals surface area contributed by atoms with Crippen LogP contribution in [0.15, 0.2) is 36.5 Å². The molecule has 1 atom stereocenters. The number of nitrogens with one attached hydrogen (secondary N) is 1. The average Bonchev–Trinajstić information content (AvgIpc) is 2.18. The number of carbonyl (C=O) groups is 1. The Balaban J connectivity index is 2.57. The number of halogens is 1. The van der Waals surface area contributed by atoms with Gasteiger partial charge in [-0.05, 0) is 24.6 Å². The van der Waals surface area contributed by atoms with Crippen molar-refractivity contribution in [1.29, 1.82) is 0 Å². The minimum Gasteiger partial charge on any atom is -0.478 e. The zero-order valence-electron chi connectivity index (χ0n) is 8.27. The van der Waals surface area contributed by atoms with Crippen LogP contribution in [-0.4, -0.2) is 11.1 Å². The third-order valence-corrected chi connectivity index (χ3v) is 2.19. The lowest BCUT2D eigenvalue weighted by atomic mass is 10.1. The zero-order valence-corrected chi connectivity index (χ0v) is 9.03. The predicted molar refractivity (Wildman–Crippen MR) is 59.8 cm³/mol. The van der Waals surface area contributed by atoms with E-state index in [2.05, 4.69) is 5.32 Å². The smallest absolute Gasteiger partial charge is 0.329 e. The van der Waals surface area contributed by atoms with Crippen LogP contribution < -0.4 is 5.32 Å². The Kier molecular flexibility index (Phi) is 4.18. The molecule has 0 aliphatic rings. The van der Waals surface area contributed by atoms with Crippen molar-refractivity contribution in [2.75, 3.05) is 0 Å². The van der Waals surface area contributed by atoms with E-state index in [1.807, 2.05) is 19.1 Å². The largest absolute Gasteiger partial charge is 0.478 e. The molecule has 0 heterocycles. The van der Waals surface area contributed by atoms with Crippen LogP contribution >= 0.6 is 11.6 Å². The maximum atomic E-state index is 10.2. The van der Waals surface area contributed by atoms with Gasteiger partial charge < -0.3 is 10.4 Å². The van der Waals surface area contributed by atoms with Crippen molar-refractivity contribution in [2.45, 2.75) is 13.0 Å². The van der Waals surface area contributed by atoms with E-state index in [4.69, 9.17) is 16.7 Å². The molecule has 1 rings (SSSR count). The first-order valence-corrected chi connectivity index (χ1v) is 4.88. The van der Waals surface area contributed by atoms with Gasteiger partial charge in [0.15, 0.2) is 0 Å². The third-order valence-electron chi connectivity index (χ3n) is 1.94. The summed E-state index contributed by atoms with van der Waals surface area (Å²) in [5.74, 6) is -0.967. The highest BCUT2D eigenvalue weighted by Gasteiger charge is 2.01. The number of benzene rings is 1. The van der Waals surface area contributed by atoms with Crippen LogP contribution in [-0.2, 0) is 4.79 Å². The number of carboxylic acids is 1. The highest BCUT2D eigenvalue weighted by molar-refractivity contribution is 6.30. The molecule has 0 fully saturated rings. The fourth-order valence-corrected chi connectivity index (χ4v) is 1.24. The van der Waals surface area contributed by atoms with Gasteiger partial charge in [0, 0.05) is 23.3 Å². The second kappa shape index (κ2) is 5.41. The average molecular weight is 226 g/mol. The van der Waals surface area contributed by atoms with E-state index in [-0.39, 0.29) is 6.04 Å². The van der Waals surface area contributed by atoms with Gasteiger partial charge >= 0.3 is 5.97 Å². The van der Waals surface area contributed by atoms with Gasteiger partial charge in [-0.15, -0.1) is 0 Å². The Labute approximate surface area is 93.4 Å². The first-order valence-electron chi connectivity index (χ1n) is 4.50. The highest BCUT2D eigenvalue weighted by Crippen LogP contribution is 2.15. The van der Waals surface area contributed by atoms with E-state index >= 15 is 0 Å². The topological polar surface area (TPSA) is 49.3 Å². The van der Waals surface area contributed by atoms with Crippen molar-refractivity contribution >= 4 is 17.6 Å². The van der Waals surface area contributed by atoms with Gasteiger partial charge in [0.05, 0.1) is 0 Å². The van der Waals surface area contributed by atoms with Gasteiger partial charge in [-0.3, -0.25) is 0 Å². The Morgan fingerprint density at radius 3 is 2.60 bits per heavy atom. The molecule has 0 unspecified atom stereocenters. The summed E-state index contributed by atoms with van der Waals surface area (Å²) in [6.45, 7) is 1.94. The fraction of sp³-hybridized carbons (Fsp3) is 0.182. The van der Waals surface area contributed by atoms with E-state index in [0.29, 0.717) is 5.02 Å². The van der Waals surface area contributed by atoms with Crippen molar-refractivity contribution < 1.29 is 9.90 Å². The summed E-state index contributed by atoms with van der Waals surface area (Å²) >= 11 is 5.75. The summed E-state index contributed by atoms with van der Waals surface area (Å²) in [5.41, 5.74) is 1.05. The molecule has 0 saturated carbocycles. The molecule has 4 heteroatoms. The number of rotatable bonds is 4. The first-order chi connectivity index (χ1) is 7.09. The molecule has 0 spiro atoms. The molecule has 1 aromatic rings. The Bertz CT molecular complexity index is 359. The second-order valence-electron chi connectivity index (χ2n) is 3.11. The molecule has 3 nitrogen and oxygen atoms in total. The van der Waals surface area contributed by atoms with Crippen LogP contribution in [0.3, 0.4) is 0 Å². The van der Waals surface area contributed by atoms with Gasteiger partial charge in [0.1, 0.15) is 0 Å². The summed E-state index contributed by atoms with van der Waals surface area (Å²) in [6, 6.07) is 7.45. The zero-order chi connectivity index (χ0) is 11.3. The summed E-state index contributed by atoms with van der Waals surface area (Å²) in [5, 5.41) is 12.0. The molecular formula is C11H12ClNO2. The maximum absolute atomic E-state index is 10.2. The Morgan fingerprint density at radius 1 is 1.47 bits per heavy atom. The molecule has 80 valence electrons. The number of hydrogen-bond acceptors (Lipinski definition) is 2. The Hall–Kier alpha value is -1.48. The van der Waals surface area contributed by atoms with Gasteiger partial charge in [0.25, 0.3) is 0 Å². The lowest BCUT2D eigenvalue weighted by Gasteiger charge is -2.11. The minimum atomic E-state index is -0.967. The van der Waals surface area contributed by atoms with Crippen LogP contribution in [0.2, 0.25) is 5.02 Å². The monoisotopic (exact) mass is 225 g/mol. The first kappa shape index (κ1) is 11.6. The van der Waals surface area contributed by atoms with Crippen LogP contribution in [0.5, 0.6) is 0 Å². The lowest BCUT2D eigenvalue weighted by Crippen LogP contribution is -2.11. The van der Waals surface area contributed by atoms with Crippen LogP contribution in [0, 0.1) is 0 Å². The van der Waals surface area contributed by atoms with Crippen molar-refractivity contribution in [1.82, 2.24) is 5.32 Å². The van der Waals surface area contributed by atoms with E-state index in [1.165, 1.54) is 6.20 Å². The van der Waals surface area contributed by atoms with Crippen LogP contribution in [0.25, 0.3) is 0 Å². The minimum absolute atomic E-state index is 0.0536. The molecule has 15 heavy (non-hydrogen) atoms. The van der Waals surface area contributed by atoms with E-state index in [0.717, 1.165) is 11.6 Å². The SMILES string of the molecule is C[C@@H](N/C=C/C(=O)O)c1ccc(Cl)cc1. The molecule has 0 aliphatic carbocycles. The molecular weight excluding hydrogens is 214 g/mol. The standard InChI is InChI=1S/C11H12ClNO2/c1-8(13-7-6-11(14)15)9-2-4-10(12)5-3-9/h2-8,13H,1H3,(H,14,15)/b7-6+/t8-/m1/s1. The van der Waals surface area contributed by atoms with Crippen molar-refractivity contribution in [3.8, 4) is 0 Å². The molecule has 0 radical (unpaired) electrons. The van der Waals surface area contributed by atoms with E-state index in [9.17, 15) is 4.79 Å². The molecule has 2 N–H and O–H groups in total. The lowest BCUT2D eigenvalue weighted by molar-refractivity contribution is -0.131. The summed E-state index contributed by atoms with van der Waals surface area (Å²) in [6.07, 6.45) is 2.48. The molecule has 0 aromatic heterocycles. The third kappa shape index (κ3) is 4.04. The van der Waals surface area contributed by atoms with Gasteiger partial charge in [-0.25, -0.2) is 4.79 Å². The predicted octanol–water partition coefficient (Wildman–Crippen LogP) is 2.59. The van der Waals surface area contributed by atoms with E-state index < -0.39 is 5.97 Å². The summed E-state index contributed by atoms with van der Waals surface area (Å²) in [7, 11) is 0. The number of carboxylic acid groups (broad SMARTS) is 1. The summed E-state index contributed by atoms with van der Waals surface area (Å²) in [4.78, 5) is 10.2. The quantitative estimate of drug-likeness (QED) is 0.775. The molecule has 0 aliphatic heterocycles. The van der Waals surface area contributed by atoms with Crippen molar-refractivity contribution in [2.24, 2.45) is 0 Å². The fourth-order valence-electron chi connectivity index (χ4n) is 1.11. The van der Waals surface area contributed by atoms with Crippen molar-refractivity contribution in [3.05, 3.63) is 47.1 Å². The van der Waals surface area contributed by atoms with E-state index in [1.54, 1.807) is 12.1 Å². The number of hydrogen-bond donors (Lipinski definition) is 2. The summed E-state index contributed by atoms with van der Waals surface area (Å²) < 4.78 is 0. The van der Waals surface area contributed by atoms with Crippen LogP contribution in [0.4, 0.5) is 0 Å². The molecule has 1 aromatic carbocycles. The van der Waals surface area contributed by atoms with Gasteiger partial charge in [-0.2, -0.15) is 0 Å².